The maximum Gasteiger partial charge on any atom is 0.451 e. The zero-order chi connectivity index (χ0) is 13.8. The SMILES string of the molecule is CCCc1nc(C(F)(F)F)ncc1C(=O)OCC. The summed E-state index contributed by atoms with van der Waals surface area (Å²) in [6.45, 7) is 3.54. The fraction of sp³-hybridized carbons (Fsp3) is 0.545. The summed E-state index contributed by atoms with van der Waals surface area (Å²) in [6, 6.07) is 0. The van der Waals surface area contributed by atoms with Gasteiger partial charge in [-0.25, -0.2) is 14.8 Å². The Labute approximate surface area is 102 Å². The third-order valence-corrected chi connectivity index (χ3v) is 2.10. The number of esters is 1. The maximum absolute atomic E-state index is 12.4. The van der Waals surface area contributed by atoms with Gasteiger partial charge >= 0.3 is 12.1 Å². The molecule has 0 aliphatic rings. The van der Waals surface area contributed by atoms with Crippen LogP contribution in [-0.2, 0) is 17.3 Å². The van der Waals surface area contributed by atoms with Crippen molar-refractivity contribution in [1.29, 1.82) is 0 Å². The van der Waals surface area contributed by atoms with E-state index in [0.29, 0.717) is 6.42 Å². The highest BCUT2D eigenvalue weighted by Gasteiger charge is 2.35. The summed E-state index contributed by atoms with van der Waals surface area (Å²) in [5, 5.41) is 0. The molecule has 0 bridgehead atoms. The number of ether oxygens (including phenoxy) is 1. The highest BCUT2D eigenvalue weighted by molar-refractivity contribution is 5.90. The van der Waals surface area contributed by atoms with Gasteiger partial charge in [0, 0.05) is 6.20 Å². The fourth-order valence-corrected chi connectivity index (χ4v) is 1.36. The molecule has 0 fully saturated rings. The minimum Gasteiger partial charge on any atom is -0.462 e. The average Bonchev–Trinajstić information content (AvgIpc) is 2.28. The normalized spacial score (nSPS) is 11.4. The van der Waals surface area contributed by atoms with Crippen LogP contribution in [-0.4, -0.2) is 22.5 Å². The number of hydrogen-bond acceptors (Lipinski definition) is 4. The van der Waals surface area contributed by atoms with Crippen LogP contribution in [0.15, 0.2) is 6.20 Å². The van der Waals surface area contributed by atoms with E-state index in [9.17, 15) is 18.0 Å². The van der Waals surface area contributed by atoms with Crippen molar-refractivity contribution in [3.05, 3.63) is 23.3 Å². The molecule has 18 heavy (non-hydrogen) atoms. The van der Waals surface area contributed by atoms with E-state index in [1.807, 2.05) is 0 Å². The molecular formula is C11H13F3N2O2. The molecule has 1 aromatic rings. The molecule has 0 amide bonds. The molecule has 0 aromatic carbocycles. The Bertz CT molecular complexity index is 433. The lowest BCUT2D eigenvalue weighted by molar-refractivity contribution is -0.145. The topological polar surface area (TPSA) is 52.1 Å². The van der Waals surface area contributed by atoms with Gasteiger partial charge in [0.05, 0.1) is 17.9 Å². The summed E-state index contributed by atoms with van der Waals surface area (Å²) in [5.41, 5.74) is 0.0602. The Morgan fingerprint density at radius 2 is 2.06 bits per heavy atom. The quantitative estimate of drug-likeness (QED) is 0.783. The Morgan fingerprint density at radius 1 is 1.39 bits per heavy atom. The molecule has 1 heterocycles. The molecule has 100 valence electrons. The van der Waals surface area contributed by atoms with E-state index < -0.39 is 18.0 Å². The first-order valence-electron chi connectivity index (χ1n) is 5.50. The third kappa shape index (κ3) is 3.41. The number of alkyl halides is 3. The predicted molar refractivity (Wildman–Crippen MR) is 57.0 cm³/mol. The van der Waals surface area contributed by atoms with Gasteiger partial charge < -0.3 is 4.74 Å². The molecule has 1 aromatic heterocycles. The zero-order valence-electron chi connectivity index (χ0n) is 10.0. The number of hydrogen-bond donors (Lipinski definition) is 0. The number of rotatable bonds is 4. The minimum absolute atomic E-state index is 0.00769. The fourth-order valence-electron chi connectivity index (χ4n) is 1.36. The van der Waals surface area contributed by atoms with E-state index in [1.165, 1.54) is 0 Å². The lowest BCUT2D eigenvalue weighted by Crippen LogP contribution is -2.17. The summed E-state index contributed by atoms with van der Waals surface area (Å²) >= 11 is 0. The largest absolute Gasteiger partial charge is 0.462 e. The van der Waals surface area contributed by atoms with Crippen molar-refractivity contribution in [2.45, 2.75) is 32.9 Å². The van der Waals surface area contributed by atoms with Gasteiger partial charge in [-0.05, 0) is 13.3 Å². The van der Waals surface area contributed by atoms with E-state index in [1.54, 1.807) is 13.8 Å². The van der Waals surface area contributed by atoms with Gasteiger partial charge in [0.1, 0.15) is 0 Å². The molecule has 7 heteroatoms. The molecular weight excluding hydrogens is 249 g/mol. The lowest BCUT2D eigenvalue weighted by Gasteiger charge is -2.10. The number of halogens is 3. The molecule has 0 N–H and O–H groups in total. The van der Waals surface area contributed by atoms with Gasteiger partial charge in [-0.1, -0.05) is 13.3 Å². The van der Waals surface area contributed by atoms with Crippen molar-refractivity contribution in [3.63, 3.8) is 0 Å². The van der Waals surface area contributed by atoms with Crippen molar-refractivity contribution >= 4 is 5.97 Å². The molecule has 0 spiro atoms. The Morgan fingerprint density at radius 3 is 2.56 bits per heavy atom. The molecule has 0 unspecified atom stereocenters. The van der Waals surface area contributed by atoms with Crippen LogP contribution in [0.1, 0.15) is 42.1 Å². The Hall–Kier alpha value is -1.66. The highest BCUT2D eigenvalue weighted by atomic mass is 19.4. The molecule has 4 nitrogen and oxygen atoms in total. The average molecular weight is 262 g/mol. The van der Waals surface area contributed by atoms with Gasteiger partial charge in [-0.2, -0.15) is 13.2 Å². The molecule has 0 aliphatic carbocycles. The van der Waals surface area contributed by atoms with Crippen LogP contribution in [0.25, 0.3) is 0 Å². The molecule has 0 aliphatic heterocycles. The summed E-state index contributed by atoms with van der Waals surface area (Å²) in [5.74, 6) is -1.94. The number of carbonyl (C=O) groups is 1. The van der Waals surface area contributed by atoms with Crippen LogP contribution in [0.2, 0.25) is 0 Å². The summed E-state index contributed by atoms with van der Waals surface area (Å²) in [4.78, 5) is 18.1. The second kappa shape index (κ2) is 5.79. The number of aromatic nitrogens is 2. The Kier molecular flexibility index (Phi) is 4.63. The second-order valence-electron chi connectivity index (χ2n) is 3.52. The van der Waals surface area contributed by atoms with Gasteiger partial charge in [0.15, 0.2) is 0 Å². The van der Waals surface area contributed by atoms with E-state index in [4.69, 9.17) is 4.74 Å². The minimum atomic E-state index is -4.62. The standard InChI is InChI=1S/C11H13F3N2O2/c1-3-5-8-7(9(17)18-4-2)6-15-10(16-8)11(12,13)14/h6H,3-5H2,1-2H3. The molecule has 0 saturated heterocycles. The number of aryl methyl sites for hydroxylation is 1. The Balaban J connectivity index is 3.16. The van der Waals surface area contributed by atoms with Crippen LogP contribution < -0.4 is 0 Å². The zero-order valence-corrected chi connectivity index (χ0v) is 10.0. The van der Waals surface area contributed by atoms with Gasteiger partial charge in [-0.15, -0.1) is 0 Å². The molecule has 0 radical (unpaired) electrons. The number of carbonyl (C=O) groups excluding carboxylic acids is 1. The number of nitrogens with zero attached hydrogens (tertiary/aromatic N) is 2. The van der Waals surface area contributed by atoms with E-state index in [-0.39, 0.29) is 24.3 Å². The summed E-state index contributed by atoms with van der Waals surface area (Å²) < 4.78 is 42.1. The monoisotopic (exact) mass is 262 g/mol. The lowest BCUT2D eigenvalue weighted by atomic mass is 10.1. The van der Waals surface area contributed by atoms with Crippen molar-refractivity contribution in [2.75, 3.05) is 6.61 Å². The predicted octanol–water partition coefficient (Wildman–Crippen LogP) is 2.62. The van der Waals surface area contributed by atoms with Gasteiger partial charge in [0.2, 0.25) is 5.82 Å². The van der Waals surface area contributed by atoms with Gasteiger partial charge in [-0.3, -0.25) is 0 Å². The van der Waals surface area contributed by atoms with Crippen molar-refractivity contribution in [2.24, 2.45) is 0 Å². The van der Waals surface area contributed by atoms with Crippen molar-refractivity contribution < 1.29 is 22.7 Å². The van der Waals surface area contributed by atoms with E-state index >= 15 is 0 Å². The van der Waals surface area contributed by atoms with Crippen molar-refractivity contribution in [1.82, 2.24) is 9.97 Å². The van der Waals surface area contributed by atoms with Crippen LogP contribution >= 0.6 is 0 Å². The first-order valence-corrected chi connectivity index (χ1v) is 5.50. The van der Waals surface area contributed by atoms with Crippen LogP contribution in [0.5, 0.6) is 0 Å². The molecule has 0 saturated carbocycles. The third-order valence-electron chi connectivity index (χ3n) is 2.10. The first kappa shape index (κ1) is 14.4. The van der Waals surface area contributed by atoms with Crippen molar-refractivity contribution in [3.8, 4) is 0 Å². The van der Waals surface area contributed by atoms with Crippen LogP contribution in [0, 0.1) is 0 Å². The van der Waals surface area contributed by atoms with Gasteiger partial charge in [0.25, 0.3) is 0 Å². The first-order chi connectivity index (χ1) is 8.40. The van der Waals surface area contributed by atoms with E-state index in [0.717, 1.165) is 6.20 Å². The van der Waals surface area contributed by atoms with Crippen LogP contribution in [0.4, 0.5) is 13.2 Å². The maximum atomic E-state index is 12.4. The summed E-state index contributed by atoms with van der Waals surface area (Å²) in [6.07, 6.45) is -2.91. The second-order valence-corrected chi connectivity index (χ2v) is 3.52. The smallest absolute Gasteiger partial charge is 0.451 e. The molecule has 1 rings (SSSR count). The molecule has 0 atom stereocenters. The van der Waals surface area contributed by atoms with Crippen LogP contribution in [0.3, 0.4) is 0 Å². The summed E-state index contributed by atoms with van der Waals surface area (Å²) in [7, 11) is 0. The highest BCUT2D eigenvalue weighted by Crippen LogP contribution is 2.26. The van der Waals surface area contributed by atoms with E-state index in [2.05, 4.69) is 9.97 Å².